The predicted molar refractivity (Wildman–Crippen MR) is 78.3 cm³/mol. The van der Waals surface area contributed by atoms with E-state index < -0.39 is 0 Å². The van der Waals surface area contributed by atoms with Crippen LogP contribution >= 0.6 is 22.6 Å². The molecule has 0 radical (unpaired) electrons. The maximum absolute atomic E-state index is 11.9. The lowest BCUT2D eigenvalue weighted by molar-refractivity contribution is 0.0983. The van der Waals surface area contributed by atoms with E-state index in [2.05, 4.69) is 34.7 Å². The first-order chi connectivity index (χ1) is 8.27. The Labute approximate surface area is 115 Å². The van der Waals surface area contributed by atoms with E-state index in [0.29, 0.717) is 6.42 Å². The molecule has 86 valence electrons. The van der Waals surface area contributed by atoms with Gasteiger partial charge in [0.2, 0.25) is 0 Å². The Balaban J connectivity index is 2.00. The van der Waals surface area contributed by atoms with Gasteiger partial charge in [-0.15, -0.1) is 0 Å². The molecule has 0 aliphatic rings. The zero-order valence-corrected chi connectivity index (χ0v) is 11.6. The monoisotopic (exact) mass is 336 g/mol. The summed E-state index contributed by atoms with van der Waals surface area (Å²) in [6.07, 6.45) is 1.39. The number of benzene rings is 2. The number of hydrogen-bond donors (Lipinski definition) is 0. The van der Waals surface area contributed by atoms with Crippen LogP contribution in [0.2, 0.25) is 0 Å². The molecular weight excluding hydrogens is 323 g/mol. The van der Waals surface area contributed by atoms with Crippen molar-refractivity contribution in [3.05, 3.63) is 69.3 Å². The molecule has 2 aromatic carbocycles. The molecule has 0 N–H and O–H groups in total. The Kier molecular flexibility index (Phi) is 4.31. The van der Waals surface area contributed by atoms with Crippen molar-refractivity contribution in [2.45, 2.75) is 12.8 Å². The number of halogens is 1. The van der Waals surface area contributed by atoms with Crippen molar-refractivity contribution < 1.29 is 4.79 Å². The molecule has 2 rings (SSSR count). The highest BCUT2D eigenvalue weighted by atomic mass is 127. The number of aryl methyl sites for hydroxylation is 1. The second-order valence-corrected chi connectivity index (χ2v) is 5.04. The Morgan fingerprint density at radius 2 is 1.59 bits per heavy atom. The lowest BCUT2D eigenvalue weighted by Gasteiger charge is -2.03. The van der Waals surface area contributed by atoms with Crippen LogP contribution in [0.3, 0.4) is 0 Å². The molecule has 0 aliphatic carbocycles. The van der Waals surface area contributed by atoms with Gasteiger partial charge in [0.05, 0.1) is 0 Å². The van der Waals surface area contributed by atoms with Crippen molar-refractivity contribution in [1.82, 2.24) is 0 Å². The normalized spacial score (nSPS) is 10.2. The van der Waals surface area contributed by atoms with E-state index in [9.17, 15) is 4.79 Å². The van der Waals surface area contributed by atoms with Gasteiger partial charge in [0.25, 0.3) is 0 Å². The second-order valence-electron chi connectivity index (χ2n) is 3.88. The molecule has 2 heteroatoms. The van der Waals surface area contributed by atoms with E-state index in [-0.39, 0.29) is 5.78 Å². The van der Waals surface area contributed by atoms with Gasteiger partial charge in [0.15, 0.2) is 5.78 Å². The maximum Gasteiger partial charge on any atom is 0.163 e. The van der Waals surface area contributed by atoms with Gasteiger partial charge < -0.3 is 0 Å². The van der Waals surface area contributed by atoms with Crippen molar-refractivity contribution in [3.8, 4) is 0 Å². The van der Waals surface area contributed by atoms with Crippen LogP contribution in [-0.4, -0.2) is 5.78 Å². The smallest absolute Gasteiger partial charge is 0.163 e. The van der Waals surface area contributed by atoms with E-state index in [1.807, 2.05) is 42.5 Å². The summed E-state index contributed by atoms with van der Waals surface area (Å²) in [6.45, 7) is 0. The Hall–Kier alpha value is -1.16. The summed E-state index contributed by atoms with van der Waals surface area (Å²) < 4.78 is 1.23. The fourth-order valence-electron chi connectivity index (χ4n) is 1.72. The lowest BCUT2D eigenvalue weighted by Crippen LogP contribution is -2.01. The first-order valence-electron chi connectivity index (χ1n) is 5.59. The molecule has 2 aromatic rings. The minimum Gasteiger partial charge on any atom is -0.294 e. The SMILES string of the molecule is O=C(CCc1ccccc1I)c1ccccc1. The molecule has 0 atom stereocenters. The van der Waals surface area contributed by atoms with Gasteiger partial charge in [-0.1, -0.05) is 48.5 Å². The van der Waals surface area contributed by atoms with Gasteiger partial charge in [-0.05, 0) is 40.6 Å². The van der Waals surface area contributed by atoms with Gasteiger partial charge in [-0.25, -0.2) is 0 Å². The fraction of sp³-hybridized carbons (Fsp3) is 0.133. The van der Waals surface area contributed by atoms with Gasteiger partial charge in [-0.2, -0.15) is 0 Å². The highest BCUT2D eigenvalue weighted by Gasteiger charge is 2.06. The van der Waals surface area contributed by atoms with E-state index in [1.54, 1.807) is 0 Å². The van der Waals surface area contributed by atoms with Crippen molar-refractivity contribution in [2.75, 3.05) is 0 Å². The van der Waals surface area contributed by atoms with E-state index >= 15 is 0 Å². The van der Waals surface area contributed by atoms with E-state index in [1.165, 1.54) is 9.13 Å². The number of rotatable bonds is 4. The van der Waals surface area contributed by atoms with Crippen LogP contribution in [0.25, 0.3) is 0 Å². The Bertz CT molecular complexity index is 505. The number of hydrogen-bond acceptors (Lipinski definition) is 1. The average Bonchev–Trinajstić information content (AvgIpc) is 2.38. The van der Waals surface area contributed by atoms with Crippen LogP contribution in [0.15, 0.2) is 54.6 Å². The molecule has 1 nitrogen and oxygen atoms in total. The summed E-state index contributed by atoms with van der Waals surface area (Å²) in [5.41, 5.74) is 2.05. The topological polar surface area (TPSA) is 17.1 Å². The molecule has 0 saturated carbocycles. The van der Waals surface area contributed by atoms with Gasteiger partial charge >= 0.3 is 0 Å². The second kappa shape index (κ2) is 5.96. The van der Waals surface area contributed by atoms with Crippen LogP contribution in [-0.2, 0) is 6.42 Å². The molecular formula is C15H13IO. The predicted octanol–water partition coefficient (Wildman–Crippen LogP) is 4.11. The number of carbonyl (C=O) groups excluding carboxylic acids is 1. The van der Waals surface area contributed by atoms with Gasteiger partial charge in [0, 0.05) is 15.6 Å². The summed E-state index contributed by atoms with van der Waals surface area (Å²) in [6, 6.07) is 17.7. The van der Waals surface area contributed by atoms with Crippen LogP contribution < -0.4 is 0 Å². The summed E-state index contributed by atoms with van der Waals surface area (Å²) in [5.74, 6) is 0.213. The molecule has 0 aromatic heterocycles. The van der Waals surface area contributed by atoms with Crippen LogP contribution in [0.4, 0.5) is 0 Å². The van der Waals surface area contributed by atoms with Gasteiger partial charge in [0.1, 0.15) is 0 Å². The first-order valence-corrected chi connectivity index (χ1v) is 6.67. The highest BCUT2D eigenvalue weighted by Crippen LogP contribution is 2.14. The minimum atomic E-state index is 0.213. The average molecular weight is 336 g/mol. The minimum absolute atomic E-state index is 0.213. The molecule has 0 aliphatic heterocycles. The largest absolute Gasteiger partial charge is 0.294 e. The number of ketones is 1. The lowest BCUT2D eigenvalue weighted by atomic mass is 10.0. The maximum atomic E-state index is 11.9. The first kappa shape index (κ1) is 12.3. The van der Waals surface area contributed by atoms with Crippen molar-refractivity contribution in [3.63, 3.8) is 0 Å². The van der Waals surface area contributed by atoms with Crippen molar-refractivity contribution in [2.24, 2.45) is 0 Å². The molecule has 0 bridgehead atoms. The summed E-state index contributed by atoms with van der Waals surface area (Å²) in [5, 5.41) is 0. The molecule has 0 spiro atoms. The summed E-state index contributed by atoms with van der Waals surface area (Å²) in [4.78, 5) is 11.9. The van der Waals surface area contributed by atoms with Crippen LogP contribution in [0.5, 0.6) is 0 Å². The molecule has 17 heavy (non-hydrogen) atoms. The highest BCUT2D eigenvalue weighted by molar-refractivity contribution is 14.1. The number of Topliss-reactive ketones (excluding diaryl/α,β-unsaturated/α-hetero) is 1. The molecule has 0 fully saturated rings. The molecule has 0 saturated heterocycles. The fourth-order valence-corrected chi connectivity index (χ4v) is 2.37. The summed E-state index contributed by atoms with van der Waals surface area (Å²) in [7, 11) is 0. The molecule has 0 heterocycles. The Morgan fingerprint density at radius 3 is 2.29 bits per heavy atom. The quantitative estimate of drug-likeness (QED) is 0.607. The molecule has 0 unspecified atom stereocenters. The summed E-state index contributed by atoms with van der Waals surface area (Å²) >= 11 is 2.31. The zero-order valence-electron chi connectivity index (χ0n) is 9.40. The third-order valence-corrected chi connectivity index (χ3v) is 3.73. The van der Waals surface area contributed by atoms with Crippen LogP contribution in [0.1, 0.15) is 22.3 Å². The van der Waals surface area contributed by atoms with Gasteiger partial charge in [-0.3, -0.25) is 4.79 Å². The molecule has 0 amide bonds. The van der Waals surface area contributed by atoms with Crippen LogP contribution in [0, 0.1) is 3.57 Å². The Morgan fingerprint density at radius 1 is 0.941 bits per heavy atom. The third kappa shape index (κ3) is 3.40. The van der Waals surface area contributed by atoms with Crippen molar-refractivity contribution >= 4 is 28.4 Å². The standard InChI is InChI=1S/C15H13IO/c16-14-9-5-4-6-12(14)10-11-15(17)13-7-2-1-3-8-13/h1-9H,10-11H2. The third-order valence-electron chi connectivity index (χ3n) is 2.68. The number of carbonyl (C=O) groups is 1. The van der Waals surface area contributed by atoms with E-state index in [4.69, 9.17) is 0 Å². The zero-order chi connectivity index (χ0) is 12.1. The van der Waals surface area contributed by atoms with Crippen molar-refractivity contribution in [1.29, 1.82) is 0 Å². The van der Waals surface area contributed by atoms with E-state index in [0.717, 1.165) is 12.0 Å².